The van der Waals surface area contributed by atoms with Crippen molar-refractivity contribution in [1.29, 1.82) is 0 Å². The first-order chi connectivity index (χ1) is 9.97. The van der Waals surface area contributed by atoms with Crippen LogP contribution in [0, 0.1) is 11.6 Å². The average molecular weight is 290 g/mol. The van der Waals surface area contributed by atoms with E-state index in [1.165, 1.54) is 12.1 Å². The van der Waals surface area contributed by atoms with Gasteiger partial charge in [0, 0.05) is 36.4 Å². The van der Waals surface area contributed by atoms with Crippen molar-refractivity contribution < 1.29 is 8.78 Å². The van der Waals surface area contributed by atoms with Crippen molar-refractivity contribution in [3.05, 3.63) is 65.2 Å². The van der Waals surface area contributed by atoms with E-state index in [-0.39, 0.29) is 6.04 Å². The molecule has 0 atom stereocenters. The number of nitrogens with two attached hydrogens (primary N) is 1. The largest absolute Gasteiger partial charge is 0.398 e. The molecule has 0 radical (unpaired) electrons. The molecule has 2 rings (SSSR count). The van der Waals surface area contributed by atoms with Gasteiger partial charge in [0.15, 0.2) is 0 Å². The smallest absolute Gasteiger partial charge is 0.130 e. The molecule has 0 saturated heterocycles. The number of benzene rings is 2. The van der Waals surface area contributed by atoms with Gasteiger partial charge in [0.25, 0.3) is 0 Å². The second-order valence-electron chi connectivity index (χ2n) is 5.43. The number of nitrogen functional groups attached to an aromatic ring is 1. The van der Waals surface area contributed by atoms with Crippen LogP contribution in [0.4, 0.5) is 14.5 Å². The zero-order valence-electron chi connectivity index (χ0n) is 12.3. The van der Waals surface area contributed by atoms with Gasteiger partial charge in [-0.1, -0.05) is 24.3 Å². The van der Waals surface area contributed by atoms with Crippen LogP contribution in [0.1, 0.15) is 25.0 Å². The Bertz CT molecular complexity index is 611. The highest BCUT2D eigenvalue weighted by Crippen LogP contribution is 2.19. The second kappa shape index (κ2) is 6.68. The maximum Gasteiger partial charge on any atom is 0.130 e. The normalized spacial score (nSPS) is 11.3. The van der Waals surface area contributed by atoms with Crippen LogP contribution in [0.2, 0.25) is 0 Å². The molecule has 0 aliphatic carbocycles. The predicted octanol–water partition coefficient (Wildman–Crippen LogP) is 3.96. The standard InChI is InChI=1S/C17H20F2N2/c1-12(2)21(11-14-5-3-4-6-17(14)20)10-13-7-8-15(18)9-16(13)19/h3-9,12H,10-11,20H2,1-2H3. The van der Waals surface area contributed by atoms with E-state index in [2.05, 4.69) is 4.90 Å². The number of hydrogen-bond donors (Lipinski definition) is 1. The summed E-state index contributed by atoms with van der Waals surface area (Å²) in [4.78, 5) is 2.10. The molecule has 0 amide bonds. The number of rotatable bonds is 5. The van der Waals surface area contributed by atoms with Gasteiger partial charge >= 0.3 is 0 Å². The lowest BCUT2D eigenvalue weighted by Gasteiger charge is -2.27. The van der Waals surface area contributed by atoms with Crippen LogP contribution >= 0.6 is 0 Å². The Labute approximate surface area is 124 Å². The van der Waals surface area contributed by atoms with E-state index < -0.39 is 11.6 Å². The van der Waals surface area contributed by atoms with Gasteiger partial charge in [0.2, 0.25) is 0 Å². The van der Waals surface area contributed by atoms with E-state index in [0.717, 1.165) is 17.3 Å². The van der Waals surface area contributed by atoms with Crippen molar-refractivity contribution in [2.75, 3.05) is 5.73 Å². The van der Waals surface area contributed by atoms with Crippen molar-refractivity contribution in [2.24, 2.45) is 0 Å². The van der Waals surface area contributed by atoms with Crippen molar-refractivity contribution in [2.45, 2.75) is 33.0 Å². The molecule has 0 bridgehead atoms. The summed E-state index contributed by atoms with van der Waals surface area (Å²) in [6.07, 6.45) is 0. The molecule has 0 saturated carbocycles. The van der Waals surface area contributed by atoms with Crippen LogP contribution in [0.15, 0.2) is 42.5 Å². The number of nitrogens with zero attached hydrogens (tertiary/aromatic N) is 1. The van der Waals surface area contributed by atoms with Crippen molar-refractivity contribution >= 4 is 5.69 Å². The van der Waals surface area contributed by atoms with Crippen LogP contribution in [0.3, 0.4) is 0 Å². The first kappa shape index (κ1) is 15.4. The summed E-state index contributed by atoms with van der Waals surface area (Å²) in [6.45, 7) is 5.13. The van der Waals surface area contributed by atoms with Gasteiger partial charge in [-0.2, -0.15) is 0 Å². The molecule has 2 nitrogen and oxygen atoms in total. The summed E-state index contributed by atoms with van der Waals surface area (Å²) in [5, 5.41) is 0. The highest BCUT2D eigenvalue weighted by Gasteiger charge is 2.14. The fourth-order valence-electron chi connectivity index (χ4n) is 2.19. The minimum absolute atomic E-state index is 0.217. The summed E-state index contributed by atoms with van der Waals surface area (Å²) < 4.78 is 26.8. The maximum absolute atomic E-state index is 13.8. The van der Waals surface area contributed by atoms with E-state index in [9.17, 15) is 8.78 Å². The fourth-order valence-corrected chi connectivity index (χ4v) is 2.19. The van der Waals surface area contributed by atoms with E-state index in [0.29, 0.717) is 18.7 Å². The minimum Gasteiger partial charge on any atom is -0.398 e. The molecular weight excluding hydrogens is 270 g/mol. The summed E-state index contributed by atoms with van der Waals surface area (Å²) in [5.41, 5.74) is 8.18. The lowest BCUT2D eigenvalue weighted by atomic mass is 10.1. The zero-order chi connectivity index (χ0) is 15.4. The highest BCUT2D eigenvalue weighted by molar-refractivity contribution is 5.46. The summed E-state index contributed by atoms with van der Waals surface area (Å²) >= 11 is 0. The van der Waals surface area contributed by atoms with Crippen molar-refractivity contribution in [3.8, 4) is 0 Å². The second-order valence-corrected chi connectivity index (χ2v) is 5.43. The van der Waals surface area contributed by atoms with Gasteiger partial charge < -0.3 is 5.73 Å². The molecule has 2 aromatic carbocycles. The van der Waals surface area contributed by atoms with Gasteiger partial charge in [0.05, 0.1) is 0 Å². The third-order valence-corrected chi connectivity index (χ3v) is 3.55. The molecule has 0 heterocycles. The van der Waals surface area contributed by atoms with Crippen molar-refractivity contribution in [3.63, 3.8) is 0 Å². The van der Waals surface area contributed by atoms with Crippen LogP contribution in [-0.4, -0.2) is 10.9 Å². The Morgan fingerprint density at radius 3 is 2.29 bits per heavy atom. The third-order valence-electron chi connectivity index (χ3n) is 3.55. The number of para-hydroxylation sites is 1. The molecule has 0 aliphatic heterocycles. The Balaban J connectivity index is 2.18. The first-order valence-electron chi connectivity index (χ1n) is 6.98. The molecular formula is C17H20F2N2. The SMILES string of the molecule is CC(C)N(Cc1ccccc1N)Cc1ccc(F)cc1F. The van der Waals surface area contributed by atoms with Crippen LogP contribution in [0.5, 0.6) is 0 Å². The van der Waals surface area contributed by atoms with Gasteiger partial charge in [-0.3, -0.25) is 4.90 Å². The van der Waals surface area contributed by atoms with Gasteiger partial charge in [-0.05, 0) is 31.5 Å². The Kier molecular flexibility index (Phi) is 4.91. The number of halogens is 2. The van der Waals surface area contributed by atoms with E-state index in [1.807, 2.05) is 38.1 Å². The van der Waals surface area contributed by atoms with Gasteiger partial charge in [-0.25, -0.2) is 8.78 Å². The van der Waals surface area contributed by atoms with E-state index in [1.54, 1.807) is 0 Å². The molecule has 0 spiro atoms. The van der Waals surface area contributed by atoms with Crippen molar-refractivity contribution in [1.82, 2.24) is 4.90 Å². The summed E-state index contributed by atoms with van der Waals surface area (Å²) in [6, 6.07) is 11.6. The number of anilines is 1. The highest BCUT2D eigenvalue weighted by atomic mass is 19.1. The summed E-state index contributed by atoms with van der Waals surface area (Å²) in [5.74, 6) is -1.07. The lowest BCUT2D eigenvalue weighted by Crippen LogP contribution is -2.30. The van der Waals surface area contributed by atoms with E-state index in [4.69, 9.17) is 5.73 Å². The Hall–Kier alpha value is -1.94. The molecule has 4 heteroatoms. The molecule has 0 unspecified atom stereocenters. The Morgan fingerprint density at radius 2 is 1.67 bits per heavy atom. The van der Waals surface area contributed by atoms with Gasteiger partial charge in [0.1, 0.15) is 11.6 Å². The van der Waals surface area contributed by atoms with Crippen LogP contribution in [0.25, 0.3) is 0 Å². The fraction of sp³-hybridized carbons (Fsp3) is 0.294. The van der Waals surface area contributed by atoms with Crippen LogP contribution < -0.4 is 5.73 Å². The molecule has 0 fully saturated rings. The minimum atomic E-state index is -0.556. The predicted molar refractivity (Wildman–Crippen MR) is 81.6 cm³/mol. The third kappa shape index (κ3) is 4.02. The quantitative estimate of drug-likeness (QED) is 0.845. The zero-order valence-corrected chi connectivity index (χ0v) is 12.3. The molecule has 2 N–H and O–H groups in total. The van der Waals surface area contributed by atoms with Crippen LogP contribution in [-0.2, 0) is 13.1 Å². The Morgan fingerprint density at radius 1 is 1.00 bits per heavy atom. The lowest BCUT2D eigenvalue weighted by molar-refractivity contribution is 0.201. The van der Waals surface area contributed by atoms with Gasteiger partial charge in [-0.15, -0.1) is 0 Å². The number of hydrogen-bond acceptors (Lipinski definition) is 2. The average Bonchev–Trinajstić information content (AvgIpc) is 2.42. The molecule has 0 aliphatic rings. The van der Waals surface area contributed by atoms with E-state index >= 15 is 0 Å². The summed E-state index contributed by atoms with van der Waals surface area (Å²) in [7, 11) is 0. The molecule has 0 aromatic heterocycles. The molecule has 2 aromatic rings. The molecule has 112 valence electrons. The first-order valence-corrected chi connectivity index (χ1v) is 6.98. The topological polar surface area (TPSA) is 29.3 Å². The molecule has 21 heavy (non-hydrogen) atoms. The monoisotopic (exact) mass is 290 g/mol. The maximum atomic E-state index is 13.8.